The van der Waals surface area contributed by atoms with E-state index in [1.54, 1.807) is 6.92 Å². The van der Waals surface area contributed by atoms with Crippen molar-refractivity contribution in [3.05, 3.63) is 0 Å². The topological polar surface area (TPSA) is 17.1 Å². The monoisotopic (exact) mass is 118 g/mol. The zero-order valence-electron chi connectivity index (χ0n) is 5.06. The van der Waals surface area contributed by atoms with Crippen molar-refractivity contribution in [2.45, 2.75) is 6.92 Å². The lowest BCUT2D eigenvalue weighted by atomic mass is 10.5. The van der Waals surface area contributed by atoms with E-state index in [0.717, 1.165) is 6.16 Å². The molecule has 0 saturated carbocycles. The Labute approximate surface area is 45.9 Å². The SMILES string of the molecule is CC(=O)CP(C)C. The first-order valence-corrected chi connectivity index (χ1v) is 4.69. The Morgan fingerprint density at radius 2 is 2.00 bits per heavy atom. The molecule has 0 aliphatic carbocycles. The summed E-state index contributed by atoms with van der Waals surface area (Å²) < 4.78 is 0. The Balaban J connectivity index is 3.13. The van der Waals surface area contributed by atoms with Crippen LogP contribution in [0, 0.1) is 0 Å². The fourth-order valence-corrected chi connectivity index (χ4v) is 1.34. The fraction of sp³-hybridized carbons (Fsp3) is 0.800. The molecule has 0 bridgehead atoms. The van der Waals surface area contributed by atoms with Gasteiger partial charge in [0.05, 0.1) is 0 Å². The fourth-order valence-electron chi connectivity index (χ4n) is 0.445. The molecule has 1 nitrogen and oxygen atoms in total. The van der Waals surface area contributed by atoms with Gasteiger partial charge >= 0.3 is 0 Å². The standard InChI is InChI=1S/C5H11OP/c1-5(6)4-7(2)3/h4H2,1-3H3. The van der Waals surface area contributed by atoms with Gasteiger partial charge in [-0.25, -0.2) is 0 Å². The van der Waals surface area contributed by atoms with Crippen molar-refractivity contribution < 1.29 is 4.79 Å². The maximum Gasteiger partial charge on any atom is 0.134 e. The van der Waals surface area contributed by atoms with Crippen LogP contribution in [-0.4, -0.2) is 25.3 Å². The van der Waals surface area contributed by atoms with Crippen molar-refractivity contribution in [3.63, 3.8) is 0 Å². The molecule has 7 heavy (non-hydrogen) atoms. The largest absolute Gasteiger partial charge is 0.300 e. The molecule has 0 N–H and O–H groups in total. The lowest BCUT2D eigenvalue weighted by Crippen LogP contribution is -1.93. The van der Waals surface area contributed by atoms with E-state index < -0.39 is 0 Å². The van der Waals surface area contributed by atoms with Crippen molar-refractivity contribution in [1.82, 2.24) is 0 Å². The molecule has 0 heterocycles. The van der Waals surface area contributed by atoms with Gasteiger partial charge in [0.15, 0.2) is 0 Å². The molecule has 0 rings (SSSR count). The van der Waals surface area contributed by atoms with Gasteiger partial charge in [-0.2, -0.15) is 0 Å². The number of carbonyl (C=O) groups is 1. The van der Waals surface area contributed by atoms with Crippen molar-refractivity contribution in [1.29, 1.82) is 0 Å². The molecule has 42 valence electrons. The van der Waals surface area contributed by atoms with Gasteiger partial charge in [-0.1, -0.05) is 0 Å². The first-order valence-electron chi connectivity index (χ1n) is 2.27. The Kier molecular flexibility index (Phi) is 3.19. The third-order valence-electron chi connectivity index (χ3n) is 0.539. The number of Topliss-reactive ketones (excluding diaryl/α,β-unsaturated/α-hetero) is 1. The first-order chi connectivity index (χ1) is 3.13. The molecule has 0 spiro atoms. The first kappa shape index (κ1) is 7.10. The van der Waals surface area contributed by atoms with Gasteiger partial charge in [-0.15, -0.1) is 7.92 Å². The number of ketones is 1. The molecular formula is C5H11OP. The van der Waals surface area contributed by atoms with E-state index in [2.05, 4.69) is 13.3 Å². The van der Waals surface area contributed by atoms with E-state index in [0.29, 0.717) is 5.78 Å². The van der Waals surface area contributed by atoms with Crippen LogP contribution in [0.25, 0.3) is 0 Å². The number of hydrogen-bond acceptors (Lipinski definition) is 1. The molecule has 0 radical (unpaired) electrons. The van der Waals surface area contributed by atoms with E-state index in [1.807, 2.05) is 0 Å². The average molecular weight is 118 g/mol. The zero-order valence-corrected chi connectivity index (χ0v) is 5.96. The zero-order chi connectivity index (χ0) is 5.86. The highest BCUT2D eigenvalue weighted by Crippen LogP contribution is 2.22. The van der Waals surface area contributed by atoms with Crippen molar-refractivity contribution in [2.75, 3.05) is 19.5 Å². The number of carbonyl (C=O) groups excluding carboxylic acids is 1. The van der Waals surface area contributed by atoms with Crippen LogP contribution in [0.5, 0.6) is 0 Å². The van der Waals surface area contributed by atoms with E-state index >= 15 is 0 Å². The molecular weight excluding hydrogens is 107 g/mol. The van der Waals surface area contributed by atoms with Crippen molar-refractivity contribution in [3.8, 4) is 0 Å². The summed E-state index contributed by atoms with van der Waals surface area (Å²) in [5, 5.41) is 0. The van der Waals surface area contributed by atoms with Crippen LogP contribution in [0.4, 0.5) is 0 Å². The second-order valence-corrected chi connectivity index (χ2v) is 4.42. The van der Waals surface area contributed by atoms with E-state index in [9.17, 15) is 4.79 Å². The highest BCUT2D eigenvalue weighted by Gasteiger charge is 1.94. The minimum absolute atomic E-state index is 0.0105. The van der Waals surface area contributed by atoms with Crippen LogP contribution in [-0.2, 0) is 4.79 Å². The van der Waals surface area contributed by atoms with Gasteiger partial charge < -0.3 is 0 Å². The molecule has 0 saturated heterocycles. The Morgan fingerprint density at radius 1 is 1.57 bits per heavy atom. The molecule has 0 aliphatic heterocycles. The molecule has 0 aromatic rings. The average Bonchev–Trinajstić information content (AvgIpc) is 1.27. The molecule has 0 aromatic heterocycles. The summed E-state index contributed by atoms with van der Waals surface area (Å²) in [7, 11) is 0.0105. The lowest BCUT2D eigenvalue weighted by Gasteiger charge is -1.97. The van der Waals surface area contributed by atoms with Crippen LogP contribution in [0.3, 0.4) is 0 Å². The number of rotatable bonds is 2. The molecule has 0 aliphatic rings. The molecule has 0 amide bonds. The van der Waals surface area contributed by atoms with Gasteiger partial charge in [0, 0.05) is 6.16 Å². The normalized spacial score (nSPS) is 9.71. The summed E-state index contributed by atoms with van der Waals surface area (Å²) in [6.07, 6.45) is 0.787. The molecule has 0 aromatic carbocycles. The van der Waals surface area contributed by atoms with Crippen LogP contribution in [0.1, 0.15) is 6.92 Å². The van der Waals surface area contributed by atoms with Gasteiger partial charge in [0.25, 0.3) is 0 Å². The molecule has 2 heteroatoms. The summed E-state index contributed by atoms with van der Waals surface area (Å²) in [6, 6.07) is 0. The predicted molar refractivity (Wildman–Crippen MR) is 34.3 cm³/mol. The summed E-state index contributed by atoms with van der Waals surface area (Å²) in [5.74, 6) is 0.316. The highest BCUT2D eigenvalue weighted by molar-refractivity contribution is 7.56. The van der Waals surface area contributed by atoms with Crippen LogP contribution < -0.4 is 0 Å². The minimum Gasteiger partial charge on any atom is -0.300 e. The summed E-state index contributed by atoms with van der Waals surface area (Å²) >= 11 is 0. The number of hydrogen-bond donors (Lipinski definition) is 0. The summed E-state index contributed by atoms with van der Waals surface area (Å²) in [4.78, 5) is 10.3. The van der Waals surface area contributed by atoms with Crippen LogP contribution in [0.15, 0.2) is 0 Å². The molecule has 0 atom stereocenters. The van der Waals surface area contributed by atoms with Gasteiger partial charge in [0.2, 0.25) is 0 Å². The van der Waals surface area contributed by atoms with Crippen LogP contribution in [0.2, 0.25) is 0 Å². The maximum absolute atomic E-state index is 10.3. The van der Waals surface area contributed by atoms with Crippen molar-refractivity contribution >= 4 is 13.7 Å². The van der Waals surface area contributed by atoms with Crippen molar-refractivity contribution in [2.24, 2.45) is 0 Å². The van der Waals surface area contributed by atoms with E-state index in [-0.39, 0.29) is 7.92 Å². The smallest absolute Gasteiger partial charge is 0.134 e. The second-order valence-electron chi connectivity index (χ2n) is 1.94. The Bertz CT molecular complexity index is 68.5. The summed E-state index contributed by atoms with van der Waals surface area (Å²) in [6.45, 7) is 5.86. The lowest BCUT2D eigenvalue weighted by molar-refractivity contribution is -0.114. The predicted octanol–water partition coefficient (Wildman–Crippen LogP) is 1.32. The maximum atomic E-state index is 10.3. The van der Waals surface area contributed by atoms with Gasteiger partial charge in [-0.3, -0.25) is 4.79 Å². The molecule has 0 unspecified atom stereocenters. The van der Waals surface area contributed by atoms with Gasteiger partial charge in [0.1, 0.15) is 5.78 Å². The van der Waals surface area contributed by atoms with E-state index in [4.69, 9.17) is 0 Å². The quantitative estimate of drug-likeness (QED) is 0.500. The Hall–Kier alpha value is 0.100. The van der Waals surface area contributed by atoms with E-state index in [1.165, 1.54) is 0 Å². The summed E-state index contributed by atoms with van der Waals surface area (Å²) in [5.41, 5.74) is 0. The Morgan fingerprint density at radius 3 is 2.00 bits per heavy atom. The molecule has 0 fully saturated rings. The highest BCUT2D eigenvalue weighted by atomic mass is 31.1. The third kappa shape index (κ3) is 6.10. The third-order valence-corrected chi connectivity index (χ3v) is 1.62. The van der Waals surface area contributed by atoms with Crippen LogP contribution >= 0.6 is 7.92 Å². The second kappa shape index (κ2) is 3.15. The minimum atomic E-state index is 0.0105. The van der Waals surface area contributed by atoms with Gasteiger partial charge in [-0.05, 0) is 20.3 Å².